The highest BCUT2D eigenvalue weighted by Crippen LogP contribution is 2.25. The summed E-state index contributed by atoms with van der Waals surface area (Å²) in [7, 11) is 1.85. The average Bonchev–Trinajstić information content (AvgIpc) is 2.55. The van der Waals surface area contributed by atoms with Gasteiger partial charge in [0.05, 0.1) is 5.52 Å². The first-order chi connectivity index (χ1) is 10.3. The fourth-order valence-electron chi connectivity index (χ4n) is 2.20. The van der Waals surface area contributed by atoms with Gasteiger partial charge in [-0.1, -0.05) is 13.0 Å². The Morgan fingerprint density at radius 1 is 1.05 bits per heavy atom. The summed E-state index contributed by atoms with van der Waals surface area (Å²) in [5.74, 6) is 2.40. The van der Waals surface area contributed by atoms with Gasteiger partial charge in [-0.25, -0.2) is 9.97 Å². The van der Waals surface area contributed by atoms with Gasteiger partial charge in [0.15, 0.2) is 0 Å². The van der Waals surface area contributed by atoms with Crippen LogP contribution in [0.3, 0.4) is 0 Å². The van der Waals surface area contributed by atoms with Gasteiger partial charge in [0.25, 0.3) is 0 Å². The number of pyridine rings is 1. The second-order valence-corrected chi connectivity index (χ2v) is 4.66. The summed E-state index contributed by atoms with van der Waals surface area (Å²) >= 11 is 0. The van der Waals surface area contributed by atoms with Crippen LogP contribution in [-0.2, 0) is 6.42 Å². The van der Waals surface area contributed by atoms with Crippen LogP contribution in [0.4, 0.5) is 17.3 Å². The van der Waals surface area contributed by atoms with E-state index >= 15 is 0 Å². The minimum absolute atomic E-state index is 0.780. The van der Waals surface area contributed by atoms with Crippen LogP contribution < -0.4 is 10.6 Å². The molecule has 2 aromatic heterocycles. The third-order valence-electron chi connectivity index (χ3n) is 3.25. The predicted molar refractivity (Wildman–Crippen MR) is 86.0 cm³/mol. The van der Waals surface area contributed by atoms with E-state index in [1.807, 2.05) is 50.4 Å². The molecular weight excluding hydrogens is 262 g/mol. The normalized spacial score (nSPS) is 10.6. The maximum atomic E-state index is 4.52. The van der Waals surface area contributed by atoms with E-state index < -0.39 is 0 Å². The molecule has 0 saturated heterocycles. The molecule has 3 rings (SSSR count). The van der Waals surface area contributed by atoms with Gasteiger partial charge in [0.1, 0.15) is 17.5 Å². The van der Waals surface area contributed by atoms with Gasteiger partial charge in [-0.15, -0.1) is 0 Å². The first kappa shape index (κ1) is 13.3. The Kier molecular flexibility index (Phi) is 3.64. The monoisotopic (exact) mass is 279 g/mol. The van der Waals surface area contributed by atoms with Crippen LogP contribution in [0.15, 0.2) is 42.6 Å². The van der Waals surface area contributed by atoms with E-state index in [9.17, 15) is 0 Å². The molecule has 3 aromatic rings. The minimum atomic E-state index is 0.780. The molecule has 0 bridgehead atoms. The van der Waals surface area contributed by atoms with Crippen molar-refractivity contribution in [3.63, 3.8) is 0 Å². The quantitative estimate of drug-likeness (QED) is 0.766. The third-order valence-corrected chi connectivity index (χ3v) is 3.25. The van der Waals surface area contributed by atoms with E-state index in [0.29, 0.717) is 0 Å². The van der Waals surface area contributed by atoms with Crippen LogP contribution in [0.5, 0.6) is 0 Å². The van der Waals surface area contributed by atoms with Gasteiger partial charge in [-0.2, -0.15) is 0 Å². The lowest BCUT2D eigenvalue weighted by Gasteiger charge is -2.11. The molecule has 2 heterocycles. The van der Waals surface area contributed by atoms with Gasteiger partial charge in [-0.05, 0) is 24.3 Å². The Balaban J connectivity index is 2.02. The highest BCUT2D eigenvalue weighted by atomic mass is 15.1. The first-order valence-corrected chi connectivity index (χ1v) is 6.96. The van der Waals surface area contributed by atoms with E-state index in [2.05, 4.69) is 25.6 Å². The van der Waals surface area contributed by atoms with E-state index in [0.717, 1.165) is 40.5 Å². The second-order valence-electron chi connectivity index (χ2n) is 4.66. The average molecular weight is 279 g/mol. The fourth-order valence-corrected chi connectivity index (χ4v) is 2.20. The molecule has 0 radical (unpaired) electrons. The summed E-state index contributed by atoms with van der Waals surface area (Å²) in [5, 5.41) is 7.50. The standard InChI is InChI=1S/C16H17N5/c1-3-14-20-15(17-2)10-16(21-14)19-13-8-4-7-12-11(13)6-5-9-18-12/h4-10H,3H2,1-2H3,(H2,17,19,20,21). The number of nitrogens with one attached hydrogen (secondary N) is 2. The van der Waals surface area contributed by atoms with Crippen LogP contribution >= 0.6 is 0 Å². The largest absolute Gasteiger partial charge is 0.373 e. The van der Waals surface area contributed by atoms with E-state index in [-0.39, 0.29) is 0 Å². The van der Waals surface area contributed by atoms with Crippen LogP contribution in [0.25, 0.3) is 10.9 Å². The Labute approximate surface area is 123 Å². The van der Waals surface area contributed by atoms with Crippen molar-refractivity contribution in [2.75, 3.05) is 17.7 Å². The topological polar surface area (TPSA) is 62.7 Å². The van der Waals surface area contributed by atoms with Gasteiger partial charge in [0, 0.05) is 36.8 Å². The maximum absolute atomic E-state index is 4.52. The molecule has 0 amide bonds. The number of aryl methyl sites for hydroxylation is 1. The Bertz CT molecular complexity index is 742. The van der Waals surface area contributed by atoms with Crippen molar-refractivity contribution in [1.82, 2.24) is 15.0 Å². The smallest absolute Gasteiger partial charge is 0.136 e. The molecule has 0 unspecified atom stereocenters. The van der Waals surface area contributed by atoms with Gasteiger partial charge < -0.3 is 10.6 Å². The third kappa shape index (κ3) is 2.76. The molecule has 2 N–H and O–H groups in total. The molecule has 0 fully saturated rings. The van der Waals surface area contributed by atoms with Crippen molar-refractivity contribution in [2.45, 2.75) is 13.3 Å². The molecule has 0 atom stereocenters. The van der Waals surface area contributed by atoms with Crippen LogP contribution in [0.1, 0.15) is 12.7 Å². The number of aromatic nitrogens is 3. The Hall–Kier alpha value is -2.69. The van der Waals surface area contributed by atoms with Crippen molar-refractivity contribution in [3.05, 3.63) is 48.4 Å². The van der Waals surface area contributed by atoms with Crippen molar-refractivity contribution in [3.8, 4) is 0 Å². The molecule has 0 aliphatic carbocycles. The van der Waals surface area contributed by atoms with Crippen molar-refractivity contribution < 1.29 is 0 Å². The molecule has 21 heavy (non-hydrogen) atoms. The molecule has 5 heteroatoms. The van der Waals surface area contributed by atoms with Crippen LogP contribution in [0.2, 0.25) is 0 Å². The highest BCUT2D eigenvalue weighted by Gasteiger charge is 2.05. The number of benzene rings is 1. The lowest BCUT2D eigenvalue weighted by Crippen LogP contribution is -2.03. The van der Waals surface area contributed by atoms with Crippen LogP contribution in [-0.4, -0.2) is 22.0 Å². The number of fused-ring (bicyclic) bond motifs is 1. The Morgan fingerprint density at radius 3 is 2.71 bits per heavy atom. The number of anilines is 3. The molecule has 106 valence electrons. The second kappa shape index (κ2) is 5.75. The summed E-state index contributed by atoms with van der Waals surface area (Å²) in [5.41, 5.74) is 1.95. The molecule has 1 aromatic carbocycles. The SMILES string of the molecule is CCc1nc(NC)cc(Nc2cccc3ncccc23)n1. The number of hydrogen-bond acceptors (Lipinski definition) is 5. The van der Waals surface area contributed by atoms with Gasteiger partial charge in [0.2, 0.25) is 0 Å². The Morgan fingerprint density at radius 2 is 1.90 bits per heavy atom. The number of nitrogens with zero attached hydrogens (tertiary/aromatic N) is 3. The van der Waals surface area contributed by atoms with E-state index in [1.54, 1.807) is 6.20 Å². The zero-order chi connectivity index (χ0) is 14.7. The zero-order valence-corrected chi connectivity index (χ0v) is 12.1. The van der Waals surface area contributed by atoms with Gasteiger partial charge >= 0.3 is 0 Å². The molecule has 5 nitrogen and oxygen atoms in total. The summed E-state index contributed by atoms with van der Waals surface area (Å²) in [4.78, 5) is 13.3. The molecule has 0 spiro atoms. The van der Waals surface area contributed by atoms with E-state index in [1.165, 1.54) is 0 Å². The number of rotatable bonds is 4. The number of hydrogen-bond donors (Lipinski definition) is 2. The van der Waals surface area contributed by atoms with Crippen molar-refractivity contribution in [1.29, 1.82) is 0 Å². The summed E-state index contributed by atoms with van der Waals surface area (Å²) in [6.45, 7) is 2.04. The molecule has 0 saturated carbocycles. The first-order valence-electron chi connectivity index (χ1n) is 6.96. The van der Waals surface area contributed by atoms with Crippen LogP contribution in [0, 0.1) is 0 Å². The van der Waals surface area contributed by atoms with Crippen molar-refractivity contribution >= 4 is 28.2 Å². The predicted octanol–water partition coefficient (Wildman–Crippen LogP) is 3.37. The lowest BCUT2D eigenvalue weighted by atomic mass is 10.2. The fraction of sp³-hybridized carbons (Fsp3) is 0.188. The summed E-state index contributed by atoms with van der Waals surface area (Å²) < 4.78 is 0. The maximum Gasteiger partial charge on any atom is 0.136 e. The van der Waals surface area contributed by atoms with E-state index in [4.69, 9.17) is 0 Å². The van der Waals surface area contributed by atoms with Gasteiger partial charge in [-0.3, -0.25) is 4.98 Å². The minimum Gasteiger partial charge on any atom is -0.373 e. The highest BCUT2D eigenvalue weighted by molar-refractivity contribution is 5.92. The molecule has 0 aliphatic heterocycles. The lowest BCUT2D eigenvalue weighted by molar-refractivity contribution is 0.945. The summed E-state index contributed by atoms with van der Waals surface area (Å²) in [6, 6.07) is 11.9. The van der Waals surface area contributed by atoms with Crippen molar-refractivity contribution in [2.24, 2.45) is 0 Å². The molecule has 0 aliphatic rings. The molecular formula is C16H17N5. The summed E-state index contributed by atoms with van der Waals surface area (Å²) in [6.07, 6.45) is 2.59. The zero-order valence-electron chi connectivity index (χ0n) is 12.1.